The first-order valence-electron chi connectivity index (χ1n) is 5.36. The zero-order chi connectivity index (χ0) is 14.9. The van der Waals surface area contributed by atoms with E-state index in [4.69, 9.17) is 28.0 Å². The maximum absolute atomic E-state index is 13.5. The van der Waals surface area contributed by atoms with Gasteiger partial charge in [0, 0.05) is 17.7 Å². The summed E-state index contributed by atoms with van der Waals surface area (Å²) in [7, 11) is 0. The summed E-state index contributed by atoms with van der Waals surface area (Å²) in [6, 6.07) is 1.83. The van der Waals surface area contributed by atoms with E-state index in [2.05, 4.69) is 5.48 Å². The number of benzene rings is 1. The average Bonchev–Trinajstić information content (AvgIpc) is 2.36. The van der Waals surface area contributed by atoms with Crippen molar-refractivity contribution in [2.24, 2.45) is 0 Å². The number of carbonyl (C=O) groups is 1. The Bertz CT molecular complexity index is 617. The van der Waals surface area contributed by atoms with Crippen LogP contribution in [0.1, 0.15) is 17.9 Å². The molecule has 0 saturated carbocycles. The molecule has 1 aliphatic rings. The predicted molar refractivity (Wildman–Crippen MR) is 69.0 cm³/mol. The molecule has 1 aromatic carbocycles. The minimum Gasteiger partial charge on any atom is -0.379 e. The van der Waals surface area contributed by atoms with Gasteiger partial charge >= 0.3 is 5.69 Å². The number of nitro benzene ring substituents is 1. The van der Waals surface area contributed by atoms with Crippen LogP contribution in [0.2, 0.25) is 0 Å². The van der Waals surface area contributed by atoms with E-state index in [1.165, 1.54) is 6.08 Å². The van der Waals surface area contributed by atoms with Crippen LogP contribution in [0, 0.1) is 15.9 Å². The lowest BCUT2D eigenvalue weighted by Crippen LogP contribution is -2.36. The van der Waals surface area contributed by atoms with Gasteiger partial charge in [0.15, 0.2) is 5.75 Å². The van der Waals surface area contributed by atoms with Gasteiger partial charge in [-0.2, -0.15) is 9.87 Å². The molecule has 6 nitrogen and oxygen atoms in total. The average molecular weight is 321 g/mol. The third kappa shape index (κ3) is 2.83. The van der Waals surface area contributed by atoms with Crippen molar-refractivity contribution in [2.45, 2.75) is 12.3 Å². The van der Waals surface area contributed by atoms with E-state index in [9.17, 15) is 19.3 Å². The summed E-state index contributed by atoms with van der Waals surface area (Å²) < 4.78 is 13.4. The van der Waals surface area contributed by atoms with Crippen molar-refractivity contribution in [3.05, 3.63) is 44.2 Å². The Hall–Kier alpha value is -1.86. The van der Waals surface area contributed by atoms with Crippen LogP contribution in [0.5, 0.6) is 5.75 Å². The van der Waals surface area contributed by atoms with Gasteiger partial charge in [-0.25, -0.2) is 0 Å². The predicted octanol–water partition coefficient (Wildman–Crippen LogP) is 2.95. The minimum absolute atomic E-state index is 0.0109. The van der Waals surface area contributed by atoms with Crippen LogP contribution in [0.3, 0.4) is 0 Å². The number of rotatable bonds is 3. The van der Waals surface area contributed by atoms with Crippen LogP contribution < -0.4 is 10.3 Å². The molecule has 1 aliphatic heterocycles. The van der Waals surface area contributed by atoms with E-state index in [1.807, 2.05) is 0 Å². The van der Waals surface area contributed by atoms with Gasteiger partial charge in [-0.3, -0.25) is 14.9 Å². The Balaban J connectivity index is 2.48. The number of nitrogens with one attached hydrogen (secondary N) is 1. The zero-order valence-electron chi connectivity index (χ0n) is 9.73. The number of allylic oxidation sites excluding steroid dienone is 1. The van der Waals surface area contributed by atoms with Crippen LogP contribution in [-0.2, 0) is 4.79 Å². The highest BCUT2D eigenvalue weighted by Gasteiger charge is 2.32. The summed E-state index contributed by atoms with van der Waals surface area (Å²) in [6.45, 7) is 0. The lowest BCUT2D eigenvalue weighted by atomic mass is 9.92. The zero-order valence-corrected chi connectivity index (χ0v) is 11.2. The molecule has 1 aromatic rings. The molecule has 1 amide bonds. The van der Waals surface area contributed by atoms with Crippen molar-refractivity contribution in [3.63, 3.8) is 0 Å². The highest BCUT2D eigenvalue weighted by molar-refractivity contribution is 6.55. The molecule has 1 heterocycles. The van der Waals surface area contributed by atoms with Crippen molar-refractivity contribution in [2.75, 3.05) is 0 Å². The first-order chi connectivity index (χ1) is 9.40. The molecule has 2 rings (SSSR count). The van der Waals surface area contributed by atoms with Gasteiger partial charge in [0.25, 0.3) is 5.91 Å². The highest BCUT2D eigenvalue weighted by Crippen LogP contribution is 2.37. The van der Waals surface area contributed by atoms with E-state index in [-0.39, 0.29) is 22.2 Å². The summed E-state index contributed by atoms with van der Waals surface area (Å²) in [5.74, 6) is -2.36. The smallest absolute Gasteiger partial charge is 0.305 e. The molecule has 0 saturated heterocycles. The van der Waals surface area contributed by atoms with Crippen LogP contribution in [0.25, 0.3) is 0 Å². The first kappa shape index (κ1) is 14.5. The molecule has 0 aromatic heterocycles. The van der Waals surface area contributed by atoms with E-state index >= 15 is 0 Å². The summed E-state index contributed by atoms with van der Waals surface area (Å²) in [5, 5.41) is 10.7. The van der Waals surface area contributed by atoms with Crippen molar-refractivity contribution >= 4 is 34.8 Å². The quantitative estimate of drug-likeness (QED) is 0.685. The molecule has 1 atom stereocenters. The largest absolute Gasteiger partial charge is 0.379 e. The molecule has 0 aliphatic carbocycles. The third-order valence-corrected chi connectivity index (χ3v) is 3.05. The number of amides is 1. The van der Waals surface area contributed by atoms with Crippen molar-refractivity contribution in [1.29, 1.82) is 0 Å². The maximum atomic E-state index is 13.5. The molecule has 9 heteroatoms. The van der Waals surface area contributed by atoms with Crippen LogP contribution in [-0.4, -0.2) is 10.8 Å². The molecule has 0 radical (unpaired) electrons. The van der Waals surface area contributed by atoms with E-state index in [1.54, 1.807) is 0 Å². The molecule has 20 heavy (non-hydrogen) atoms. The molecule has 1 unspecified atom stereocenters. The second-order valence-electron chi connectivity index (χ2n) is 3.95. The number of nitrogens with zero attached hydrogens (tertiary/aromatic N) is 1. The third-order valence-electron chi connectivity index (χ3n) is 2.74. The summed E-state index contributed by atoms with van der Waals surface area (Å²) in [5.41, 5.74) is 1.57. The van der Waals surface area contributed by atoms with Crippen LogP contribution >= 0.6 is 23.2 Å². The highest BCUT2D eigenvalue weighted by atomic mass is 35.5. The fraction of sp³-hybridized carbons (Fsp3) is 0.182. The Kier molecular flexibility index (Phi) is 4.10. The maximum Gasteiger partial charge on any atom is 0.305 e. The van der Waals surface area contributed by atoms with Gasteiger partial charge in [0.2, 0.25) is 5.82 Å². The van der Waals surface area contributed by atoms with Gasteiger partial charge in [-0.05, 0) is 6.42 Å². The van der Waals surface area contributed by atoms with Crippen molar-refractivity contribution < 1.29 is 18.9 Å². The number of halogens is 3. The fourth-order valence-corrected chi connectivity index (χ4v) is 2.00. The number of hydrogen-bond donors (Lipinski definition) is 1. The number of fused-ring (bicyclic) bond motifs is 1. The van der Waals surface area contributed by atoms with E-state index in [0.717, 1.165) is 12.1 Å². The van der Waals surface area contributed by atoms with E-state index < -0.39 is 28.3 Å². The Labute approximate surface area is 122 Å². The Morgan fingerprint density at radius 2 is 2.25 bits per heavy atom. The lowest BCUT2D eigenvalue weighted by Gasteiger charge is -2.23. The molecule has 106 valence electrons. The van der Waals surface area contributed by atoms with Gasteiger partial charge in [0.1, 0.15) is 4.49 Å². The molecule has 0 spiro atoms. The van der Waals surface area contributed by atoms with E-state index in [0.29, 0.717) is 0 Å². The van der Waals surface area contributed by atoms with Crippen molar-refractivity contribution in [3.8, 4) is 5.75 Å². The van der Waals surface area contributed by atoms with Gasteiger partial charge < -0.3 is 4.84 Å². The monoisotopic (exact) mass is 320 g/mol. The first-order valence-corrected chi connectivity index (χ1v) is 6.11. The second-order valence-corrected chi connectivity index (χ2v) is 4.96. The molecule has 1 N–H and O–H groups in total. The Morgan fingerprint density at radius 1 is 1.55 bits per heavy atom. The molecular weight excluding hydrogens is 314 g/mol. The number of carbonyl (C=O) groups excluding carboxylic acids is 1. The minimum atomic E-state index is -1.05. The van der Waals surface area contributed by atoms with Gasteiger partial charge in [-0.15, -0.1) is 0 Å². The molecule has 0 bridgehead atoms. The number of hydrogen-bond acceptors (Lipinski definition) is 4. The lowest BCUT2D eigenvalue weighted by molar-refractivity contribution is -0.387. The summed E-state index contributed by atoms with van der Waals surface area (Å²) in [6.07, 6.45) is 1.48. The van der Waals surface area contributed by atoms with Gasteiger partial charge in [0.05, 0.1) is 10.8 Å². The fourth-order valence-electron chi connectivity index (χ4n) is 1.82. The standard InChI is InChI=1S/C11H7Cl2FN2O4/c12-10(13)2-1-5-6-3-8(16(18)19)7(14)4-9(6)20-15-11(5)17/h2-5H,1H2,(H,15,17). The van der Waals surface area contributed by atoms with Gasteiger partial charge in [-0.1, -0.05) is 29.3 Å². The SMILES string of the molecule is O=C1NOc2cc(F)c([N+](=O)[O-])cc2C1CC=C(Cl)Cl. The summed E-state index contributed by atoms with van der Waals surface area (Å²) in [4.78, 5) is 26.4. The normalized spacial score (nSPS) is 16.8. The number of nitro groups is 1. The Morgan fingerprint density at radius 3 is 2.85 bits per heavy atom. The number of hydroxylamine groups is 1. The molecule has 0 fully saturated rings. The molecular formula is C11H7Cl2FN2O4. The summed E-state index contributed by atoms with van der Waals surface area (Å²) >= 11 is 10.9. The second kappa shape index (κ2) is 5.64. The van der Waals surface area contributed by atoms with Crippen LogP contribution in [0.4, 0.5) is 10.1 Å². The van der Waals surface area contributed by atoms with Crippen LogP contribution in [0.15, 0.2) is 22.7 Å². The van der Waals surface area contributed by atoms with Crippen molar-refractivity contribution in [1.82, 2.24) is 5.48 Å². The topological polar surface area (TPSA) is 81.5 Å².